The zero-order chi connectivity index (χ0) is 16.6. The van der Waals surface area contributed by atoms with Gasteiger partial charge in [0.25, 0.3) is 15.9 Å². The van der Waals surface area contributed by atoms with E-state index in [1.165, 1.54) is 12.1 Å². The quantitative estimate of drug-likeness (QED) is 0.776. The van der Waals surface area contributed by atoms with E-state index in [4.69, 9.17) is 0 Å². The summed E-state index contributed by atoms with van der Waals surface area (Å²) in [5.41, 5.74) is 2.71. The van der Waals surface area contributed by atoms with Crippen LogP contribution in [0, 0.1) is 13.8 Å². The number of hydrogen-bond donors (Lipinski definition) is 2. The molecule has 118 valence electrons. The summed E-state index contributed by atoms with van der Waals surface area (Å²) in [4.78, 5) is 15.6. The predicted molar refractivity (Wildman–Crippen MR) is 88.9 cm³/mol. The first-order chi connectivity index (χ1) is 10.9. The largest absolute Gasteiger partial charge is 0.358 e. The third-order valence-corrected chi connectivity index (χ3v) is 5.03. The maximum absolute atomic E-state index is 12.5. The molecule has 3 rings (SSSR count). The number of fused-ring (bicyclic) bond motifs is 1. The minimum Gasteiger partial charge on any atom is -0.358 e. The zero-order valence-electron chi connectivity index (χ0n) is 12.8. The molecule has 6 heteroatoms. The van der Waals surface area contributed by atoms with Crippen molar-refractivity contribution >= 4 is 26.8 Å². The molecule has 0 fully saturated rings. The number of rotatable bonds is 3. The Morgan fingerprint density at radius 2 is 1.65 bits per heavy atom. The number of carbonyl (C=O) groups is 1. The molecule has 23 heavy (non-hydrogen) atoms. The smallest absolute Gasteiger partial charge is 0.267 e. The number of carbonyl (C=O) groups excluding carboxylic acids is 1. The topological polar surface area (TPSA) is 79.0 Å². The van der Waals surface area contributed by atoms with E-state index < -0.39 is 15.9 Å². The summed E-state index contributed by atoms with van der Waals surface area (Å²) < 4.78 is 26.8. The summed E-state index contributed by atoms with van der Waals surface area (Å²) in [7, 11) is -3.90. The Labute approximate surface area is 134 Å². The molecule has 0 unspecified atom stereocenters. The Morgan fingerprint density at radius 1 is 1.00 bits per heavy atom. The molecule has 0 aliphatic rings. The van der Waals surface area contributed by atoms with Crippen LogP contribution in [0.3, 0.4) is 0 Å². The van der Waals surface area contributed by atoms with Gasteiger partial charge in [-0.1, -0.05) is 35.9 Å². The third kappa shape index (κ3) is 2.85. The number of sulfonamides is 1. The number of hydrogen-bond acceptors (Lipinski definition) is 3. The molecule has 0 aliphatic heterocycles. The average molecular weight is 328 g/mol. The number of H-pyrrole nitrogens is 1. The van der Waals surface area contributed by atoms with Gasteiger partial charge in [0.1, 0.15) is 0 Å². The van der Waals surface area contributed by atoms with Crippen molar-refractivity contribution in [2.24, 2.45) is 0 Å². The first-order valence-electron chi connectivity index (χ1n) is 7.09. The summed E-state index contributed by atoms with van der Waals surface area (Å²) in [6, 6.07) is 13.6. The second kappa shape index (κ2) is 5.55. The van der Waals surface area contributed by atoms with Crippen LogP contribution in [-0.2, 0) is 10.0 Å². The molecule has 2 N–H and O–H groups in total. The second-order valence-electron chi connectivity index (χ2n) is 5.42. The molecule has 0 atom stereocenters. The van der Waals surface area contributed by atoms with Gasteiger partial charge < -0.3 is 4.98 Å². The summed E-state index contributed by atoms with van der Waals surface area (Å²) in [5, 5.41) is 0.696. The normalized spacial score (nSPS) is 11.6. The molecule has 1 aromatic heterocycles. The van der Waals surface area contributed by atoms with Crippen molar-refractivity contribution in [3.8, 4) is 0 Å². The maximum Gasteiger partial charge on any atom is 0.267 e. The van der Waals surface area contributed by atoms with E-state index >= 15 is 0 Å². The molecule has 0 saturated carbocycles. The molecule has 0 spiro atoms. The average Bonchev–Trinajstić information content (AvgIpc) is 2.83. The summed E-state index contributed by atoms with van der Waals surface area (Å²) in [5.74, 6) is -0.638. The van der Waals surface area contributed by atoms with Gasteiger partial charge in [-0.15, -0.1) is 0 Å². The Morgan fingerprint density at radius 3 is 2.35 bits per heavy atom. The SMILES string of the molecule is Cc1ccc(S(=O)(=O)NC(=O)c2c(C)[nH]c3ccccc23)cc1. The summed E-state index contributed by atoms with van der Waals surface area (Å²) in [6.07, 6.45) is 0. The standard InChI is InChI=1S/C17H16N2O3S/c1-11-7-9-13(10-8-11)23(21,22)19-17(20)16-12(2)18-15-6-4-3-5-14(15)16/h3-10,18H,1-2H3,(H,19,20). The number of aromatic amines is 1. The molecule has 2 aromatic carbocycles. The van der Waals surface area contributed by atoms with E-state index in [2.05, 4.69) is 9.71 Å². The fourth-order valence-corrected chi connectivity index (χ4v) is 3.48. The van der Waals surface area contributed by atoms with Crippen LogP contribution in [0.15, 0.2) is 53.4 Å². The van der Waals surface area contributed by atoms with Crippen LogP contribution in [0.1, 0.15) is 21.6 Å². The Bertz CT molecular complexity index is 986. The van der Waals surface area contributed by atoms with E-state index in [0.717, 1.165) is 11.1 Å². The second-order valence-corrected chi connectivity index (χ2v) is 7.10. The number of aromatic nitrogens is 1. The number of para-hydroxylation sites is 1. The predicted octanol–water partition coefficient (Wildman–Crippen LogP) is 2.90. The molecule has 5 nitrogen and oxygen atoms in total. The van der Waals surface area contributed by atoms with Crippen molar-refractivity contribution < 1.29 is 13.2 Å². The molecule has 1 heterocycles. The minimum absolute atomic E-state index is 0.0638. The van der Waals surface area contributed by atoms with E-state index in [9.17, 15) is 13.2 Å². The van der Waals surface area contributed by atoms with Crippen LogP contribution >= 0.6 is 0 Å². The van der Waals surface area contributed by atoms with Crippen molar-refractivity contribution in [1.29, 1.82) is 0 Å². The lowest BCUT2D eigenvalue weighted by molar-refractivity contribution is 0.0982. The first-order valence-corrected chi connectivity index (χ1v) is 8.58. The highest BCUT2D eigenvalue weighted by Gasteiger charge is 2.22. The first kappa shape index (κ1) is 15.3. The molecule has 0 aliphatic carbocycles. The van der Waals surface area contributed by atoms with Crippen LogP contribution in [0.2, 0.25) is 0 Å². The third-order valence-electron chi connectivity index (χ3n) is 3.68. The Kier molecular flexibility index (Phi) is 3.69. The van der Waals surface area contributed by atoms with Gasteiger partial charge in [0.2, 0.25) is 0 Å². The fourth-order valence-electron chi connectivity index (χ4n) is 2.52. The molecule has 0 saturated heterocycles. The van der Waals surface area contributed by atoms with Crippen molar-refractivity contribution in [3.63, 3.8) is 0 Å². The monoisotopic (exact) mass is 328 g/mol. The molecule has 3 aromatic rings. The van der Waals surface area contributed by atoms with Gasteiger partial charge in [-0.25, -0.2) is 13.1 Å². The molecular formula is C17H16N2O3S. The molecular weight excluding hydrogens is 312 g/mol. The maximum atomic E-state index is 12.5. The zero-order valence-corrected chi connectivity index (χ0v) is 13.6. The van der Waals surface area contributed by atoms with Crippen LogP contribution < -0.4 is 4.72 Å². The fraction of sp³-hybridized carbons (Fsp3) is 0.118. The summed E-state index contributed by atoms with van der Waals surface area (Å²) >= 11 is 0. The van der Waals surface area contributed by atoms with Gasteiger partial charge in [-0.3, -0.25) is 4.79 Å². The van der Waals surface area contributed by atoms with E-state index in [-0.39, 0.29) is 4.90 Å². The summed E-state index contributed by atoms with van der Waals surface area (Å²) in [6.45, 7) is 3.61. The van der Waals surface area contributed by atoms with Gasteiger partial charge in [-0.05, 0) is 32.0 Å². The molecule has 1 amide bonds. The molecule has 0 bridgehead atoms. The van der Waals surface area contributed by atoms with Crippen LogP contribution in [-0.4, -0.2) is 19.3 Å². The highest BCUT2D eigenvalue weighted by atomic mass is 32.2. The number of aryl methyl sites for hydroxylation is 2. The lowest BCUT2D eigenvalue weighted by Crippen LogP contribution is -2.30. The van der Waals surface area contributed by atoms with Gasteiger partial charge >= 0.3 is 0 Å². The lowest BCUT2D eigenvalue weighted by Gasteiger charge is -2.07. The van der Waals surface area contributed by atoms with Crippen LogP contribution in [0.4, 0.5) is 0 Å². The van der Waals surface area contributed by atoms with Gasteiger partial charge in [0.05, 0.1) is 10.5 Å². The number of nitrogens with one attached hydrogen (secondary N) is 2. The highest BCUT2D eigenvalue weighted by molar-refractivity contribution is 7.90. The van der Waals surface area contributed by atoms with Gasteiger partial charge in [0, 0.05) is 16.6 Å². The van der Waals surface area contributed by atoms with E-state index in [1.807, 2.05) is 19.1 Å². The van der Waals surface area contributed by atoms with Crippen LogP contribution in [0.5, 0.6) is 0 Å². The van der Waals surface area contributed by atoms with Crippen molar-refractivity contribution in [2.75, 3.05) is 0 Å². The molecule has 0 radical (unpaired) electrons. The Hall–Kier alpha value is -2.60. The van der Waals surface area contributed by atoms with E-state index in [0.29, 0.717) is 16.6 Å². The number of amides is 1. The van der Waals surface area contributed by atoms with E-state index in [1.54, 1.807) is 31.2 Å². The minimum atomic E-state index is -3.90. The Balaban J connectivity index is 1.97. The van der Waals surface area contributed by atoms with Crippen molar-refractivity contribution in [2.45, 2.75) is 18.7 Å². The number of benzene rings is 2. The highest BCUT2D eigenvalue weighted by Crippen LogP contribution is 2.22. The van der Waals surface area contributed by atoms with Gasteiger partial charge in [0.15, 0.2) is 0 Å². The van der Waals surface area contributed by atoms with Crippen molar-refractivity contribution in [3.05, 3.63) is 65.4 Å². The van der Waals surface area contributed by atoms with Crippen molar-refractivity contribution in [1.82, 2.24) is 9.71 Å². The van der Waals surface area contributed by atoms with Crippen LogP contribution in [0.25, 0.3) is 10.9 Å². The van der Waals surface area contributed by atoms with Gasteiger partial charge in [-0.2, -0.15) is 0 Å². The lowest BCUT2D eigenvalue weighted by atomic mass is 10.1.